The number of halogens is 1. The highest BCUT2D eigenvalue weighted by molar-refractivity contribution is 6.30. The van der Waals surface area contributed by atoms with Gasteiger partial charge >= 0.3 is 0 Å². The summed E-state index contributed by atoms with van der Waals surface area (Å²) in [6.45, 7) is 3.54. The minimum Gasteiger partial charge on any atom is -0.353 e. The van der Waals surface area contributed by atoms with Crippen LogP contribution in [0, 0.1) is 5.92 Å². The molecule has 2 aliphatic rings. The van der Waals surface area contributed by atoms with Crippen molar-refractivity contribution in [1.29, 1.82) is 0 Å². The molecular weight excluding hydrogens is 396 g/mol. The lowest BCUT2D eigenvalue weighted by atomic mass is 9.88. The minimum atomic E-state index is -0.0878. The number of carbonyl (C=O) groups excluding carboxylic acids is 2. The zero-order valence-electron chi connectivity index (χ0n) is 17.4. The van der Waals surface area contributed by atoms with E-state index in [9.17, 15) is 9.59 Å². The van der Waals surface area contributed by atoms with E-state index in [-0.39, 0.29) is 18.4 Å². The van der Waals surface area contributed by atoms with E-state index in [2.05, 4.69) is 36.5 Å². The Labute approximate surface area is 183 Å². The van der Waals surface area contributed by atoms with Gasteiger partial charge in [0.25, 0.3) is 5.91 Å². The molecule has 3 atom stereocenters. The van der Waals surface area contributed by atoms with Crippen LogP contribution >= 0.6 is 11.6 Å². The Bertz CT molecular complexity index is 912. The second kappa shape index (κ2) is 9.22. The summed E-state index contributed by atoms with van der Waals surface area (Å²) < 4.78 is 0. The highest BCUT2D eigenvalue weighted by atomic mass is 35.5. The smallest absolute Gasteiger partial charge is 0.254 e. The molecule has 1 saturated heterocycles. The minimum absolute atomic E-state index is 0.0592. The highest BCUT2D eigenvalue weighted by Gasteiger charge is 2.28. The maximum absolute atomic E-state index is 12.6. The number of hydrogen-bond donors (Lipinski definition) is 1. The Kier molecular flexibility index (Phi) is 6.43. The van der Waals surface area contributed by atoms with Crippen LogP contribution in [-0.2, 0) is 4.79 Å². The zero-order valence-corrected chi connectivity index (χ0v) is 18.2. The summed E-state index contributed by atoms with van der Waals surface area (Å²) in [7, 11) is 0. The van der Waals surface area contributed by atoms with Crippen molar-refractivity contribution in [3.05, 3.63) is 70.2 Å². The topological polar surface area (TPSA) is 49.4 Å². The maximum Gasteiger partial charge on any atom is 0.254 e. The van der Waals surface area contributed by atoms with E-state index in [1.165, 1.54) is 36.8 Å². The SMILES string of the molecule is CC(CC1CCC(c2ccc(C(=O)N3CCNC(=O)C3)cc2)C1)c1cccc(Cl)c1. The fraction of sp³-hybridized carbons (Fsp3) is 0.440. The number of nitrogens with zero attached hydrogens (tertiary/aromatic N) is 1. The first-order chi connectivity index (χ1) is 14.5. The van der Waals surface area contributed by atoms with Gasteiger partial charge in [-0.05, 0) is 78.8 Å². The van der Waals surface area contributed by atoms with Gasteiger partial charge in [-0.15, -0.1) is 0 Å². The molecule has 0 spiro atoms. The molecule has 2 aromatic rings. The normalized spacial score (nSPS) is 22.6. The van der Waals surface area contributed by atoms with Crippen LogP contribution in [0.15, 0.2) is 48.5 Å². The summed E-state index contributed by atoms with van der Waals surface area (Å²) in [5, 5.41) is 3.56. The molecule has 0 radical (unpaired) electrons. The first-order valence-electron chi connectivity index (χ1n) is 10.9. The van der Waals surface area contributed by atoms with Crippen molar-refractivity contribution in [3.63, 3.8) is 0 Å². The Balaban J connectivity index is 1.34. The van der Waals surface area contributed by atoms with Crippen LogP contribution in [0.2, 0.25) is 5.02 Å². The van der Waals surface area contributed by atoms with Gasteiger partial charge in [0.15, 0.2) is 0 Å². The quantitative estimate of drug-likeness (QED) is 0.735. The van der Waals surface area contributed by atoms with Crippen molar-refractivity contribution in [2.24, 2.45) is 5.92 Å². The number of amides is 2. The third-order valence-corrected chi connectivity index (χ3v) is 6.84. The van der Waals surface area contributed by atoms with Crippen LogP contribution in [0.3, 0.4) is 0 Å². The summed E-state index contributed by atoms with van der Waals surface area (Å²) in [6, 6.07) is 16.3. The summed E-state index contributed by atoms with van der Waals surface area (Å²) in [4.78, 5) is 25.8. The number of piperazine rings is 1. The van der Waals surface area contributed by atoms with E-state index in [1.807, 2.05) is 24.3 Å². The summed E-state index contributed by atoms with van der Waals surface area (Å²) in [6.07, 6.45) is 4.83. The molecule has 2 amide bonds. The van der Waals surface area contributed by atoms with Gasteiger partial charge in [0.1, 0.15) is 0 Å². The lowest BCUT2D eigenvalue weighted by Crippen LogP contribution is -2.49. The Morgan fingerprint density at radius 1 is 1.20 bits per heavy atom. The Morgan fingerprint density at radius 3 is 2.73 bits per heavy atom. The molecule has 2 fully saturated rings. The fourth-order valence-corrected chi connectivity index (χ4v) is 5.13. The van der Waals surface area contributed by atoms with Gasteiger partial charge in [0.05, 0.1) is 6.54 Å². The molecule has 2 aromatic carbocycles. The lowest BCUT2D eigenvalue weighted by molar-refractivity contribution is -0.123. The second-order valence-electron chi connectivity index (χ2n) is 8.77. The first kappa shape index (κ1) is 20.9. The predicted molar refractivity (Wildman–Crippen MR) is 120 cm³/mol. The molecule has 1 heterocycles. The van der Waals surface area contributed by atoms with Crippen LogP contribution in [0.25, 0.3) is 0 Å². The molecule has 1 saturated carbocycles. The van der Waals surface area contributed by atoms with Crippen LogP contribution in [0.5, 0.6) is 0 Å². The van der Waals surface area contributed by atoms with Gasteiger partial charge in [-0.1, -0.05) is 42.8 Å². The monoisotopic (exact) mass is 424 g/mol. The van der Waals surface area contributed by atoms with Crippen molar-refractivity contribution in [1.82, 2.24) is 10.2 Å². The summed E-state index contributed by atoms with van der Waals surface area (Å²) in [5.74, 6) is 1.64. The van der Waals surface area contributed by atoms with Crippen molar-refractivity contribution < 1.29 is 9.59 Å². The van der Waals surface area contributed by atoms with Gasteiger partial charge in [0.2, 0.25) is 5.91 Å². The van der Waals surface area contributed by atoms with E-state index in [0.717, 1.165) is 10.9 Å². The lowest BCUT2D eigenvalue weighted by Gasteiger charge is -2.26. The maximum atomic E-state index is 12.6. The third-order valence-electron chi connectivity index (χ3n) is 6.60. The molecule has 0 bridgehead atoms. The fourth-order valence-electron chi connectivity index (χ4n) is 4.93. The summed E-state index contributed by atoms with van der Waals surface area (Å²) >= 11 is 6.15. The van der Waals surface area contributed by atoms with Crippen LogP contribution < -0.4 is 5.32 Å². The number of nitrogens with one attached hydrogen (secondary N) is 1. The molecule has 4 rings (SSSR count). The number of rotatable bonds is 5. The van der Waals surface area contributed by atoms with E-state index in [4.69, 9.17) is 11.6 Å². The molecular formula is C25H29ClN2O2. The van der Waals surface area contributed by atoms with Crippen LogP contribution in [-0.4, -0.2) is 36.3 Å². The first-order valence-corrected chi connectivity index (χ1v) is 11.3. The average Bonchev–Trinajstić information content (AvgIpc) is 3.22. The van der Waals surface area contributed by atoms with E-state index in [0.29, 0.717) is 30.5 Å². The van der Waals surface area contributed by atoms with Gasteiger partial charge in [-0.25, -0.2) is 0 Å². The van der Waals surface area contributed by atoms with E-state index < -0.39 is 0 Å². The van der Waals surface area contributed by atoms with Gasteiger partial charge in [-0.2, -0.15) is 0 Å². The van der Waals surface area contributed by atoms with Crippen molar-refractivity contribution in [2.75, 3.05) is 19.6 Å². The standard InChI is InChI=1S/C25H29ClN2O2/c1-17(21-3-2-4-23(26)15-21)13-18-5-6-22(14-18)19-7-9-20(10-8-19)25(30)28-12-11-27-24(29)16-28/h2-4,7-10,15,17-18,22H,5-6,11-14,16H2,1H3,(H,27,29). The summed E-state index contributed by atoms with van der Waals surface area (Å²) in [5.41, 5.74) is 3.30. The van der Waals surface area contributed by atoms with Gasteiger partial charge < -0.3 is 10.2 Å². The van der Waals surface area contributed by atoms with E-state index in [1.54, 1.807) is 4.90 Å². The van der Waals surface area contributed by atoms with Crippen molar-refractivity contribution >= 4 is 23.4 Å². The van der Waals surface area contributed by atoms with Crippen LogP contribution in [0.1, 0.15) is 65.9 Å². The zero-order chi connectivity index (χ0) is 21.1. The Hall–Kier alpha value is -2.33. The Morgan fingerprint density at radius 2 is 2.00 bits per heavy atom. The number of carbonyl (C=O) groups is 2. The molecule has 5 heteroatoms. The van der Waals surface area contributed by atoms with Gasteiger partial charge in [-0.3, -0.25) is 9.59 Å². The van der Waals surface area contributed by atoms with Crippen molar-refractivity contribution in [3.8, 4) is 0 Å². The number of benzene rings is 2. The molecule has 1 aliphatic heterocycles. The van der Waals surface area contributed by atoms with Crippen LogP contribution in [0.4, 0.5) is 0 Å². The second-order valence-corrected chi connectivity index (χ2v) is 9.20. The van der Waals surface area contributed by atoms with Crippen molar-refractivity contribution in [2.45, 2.75) is 44.4 Å². The third kappa shape index (κ3) is 4.86. The largest absolute Gasteiger partial charge is 0.353 e. The molecule has 158 valence electrons. The molecule has 0 aromatic heterocycles. The molecule has 4 nitrogen and oxygen atoms in total. The molecule has 1 N–H and O–H groups in total. The molecule has 1 aliphatic carbocycles. The highest BCUT2D eigenvalue weighted by Crippen LogP contribution is 2.42. The predicted octanol–water partition coefficient (Wildman–Crippen LogP) is 4.99. The molecule has 30 heavy (non-hydrogen) atoms. The number of hydrogen-bond acceptors (Lipinski definition) is 2. The average molecular weight is 425 g/mol. The van der Waals surface area contributed by atoms with E-state index >= 15 is 0 Å². The molecule has 3 unspecified atom stereocenters. The van der Waals surface area contributed by atoms with Gasteiger partial charge in [0, 0.05) is 23.7 Å².